The van der Waals surface area contributed by atoms with Crippen molar-refractivity contribution in [1.82, 2.24) is 10.3 Å². The summed E-state index contributed by atoms with van der Waals surface area (Å²) in [6, 6.07) is 4.42. The van der Waals surface area contributed by atoms with E-state index in [2.05, 4.69) is 34.7 Å². The molecule has 1 N–H and O–H groups in total. The number of rotatable bonds is 1. The fraction of sp³-hybridized carbons (Fsp3) is 0.300. The van der Waals surface area contributed by atoms with Gasteiger partial charge < -0.3 is 5.32 Å². The molecule has 0 aliphatic carbocycles. The van der Waals surface area contributed by atoms with Crippen molar-refractivity contribution in [3.63, 3.8) is 0 Å². The predicted octanol–water partition coefficient (Wildman–Crippen LogP) is 1.47. The summed E-state index contributed by atoms with van der Waals surface area (Å²) in [4.78, 5) is 3.97. The van der Waals surface area contributed by atoms with E-state index in [1.807, 2.05) is 6.07 Å². The Morgan fingerprint density at radius 3 is 3.17 bits per heavy atom. The molecule has 1 atom stereocenters. The monoisotopic (exact) mass is 159 g/mol. The predicted molar refractivity (Wildman–Crippen MR) is 47.6 cm³/mol. The minimum absolute atomic E-state index is 0.406. The lowest BCUT2D eigenvalue weighted by Crippen LogP contribution is -2.23. The normalized spacial score (nSPS) is 22.5. The second kappa shape index (κ2) is 3.50. The van der Waals surface area contributed by atoms with Crippen LogP contribution in [0.1, 0.15) is 18.0 Å². The number of nitrogens with one attached hydrogen (secondary N) is 1. The van der Waals surface area contributed by atoms with Crippen molar-refractivity contribution in [2.75, 3.05) is 6.54 Å². The summed E-state index contributed by atoms with van der Waals surface area (Å²) in [6.45, 7) is 0.952. The van der Waals surface area contributed by atoms with Gasteiger partial charge in [0, 0.05) is 18.8 Å². The Morgan fingerprint density at radius 1 is 1.50 bits per heavy atom. The highest BCUT2D eigenvalue weighted by atomic mass is 14.9. The summed E-state index contributed by atoms with van der Waals surface area (Å²) in [7, 11) is 0. The molecule has 2 heteroatoms. The summed E-state index contributed by atoms with van der Waals surface area (Å²) in [5.74, 6) is 0. The van der Waals surface area contributed by atoms with Gasteiger partial charge in [-0.1, -0.05) is 18.2 Å². The van der Waals surface area contributed by atoms with Crippen LogP contribution in [0.3, 0.4) is 0 Å². The van der Waals surface area contributed by atoms with Crippen molar-refractivity contribution in [3.8, 4) is 0 Å². The van der Waals surface area contributed by atoms with E-state index < -0.39 is 0 Å². The highest BCUT2D eigenvalue weighted by Gasteiger charge is 2.10. The summed E-state index contributed by atoms with van der Waals surface area (Å²) < 4.78 is 0. The Hall–Kier alpha value is -1.15. The van der Waals surface area contributed by atoms with Crippen LogP contribution in [0, 0.1) is 6.20 Å². The molecule has 2 nitrogen and oxygen atoms in total. The van der Waals surface area contributed by atoms with E-state index >= 15 is 0 Å². The second-order valence-electron chi connectivity index (χ2n) is 2.87. The molecule has 0 fully saturated rings. The fourth-order valence-electron chi connectivity index (χ4n) is 1.38. The summed E-state index contributed by atoms with van der Waals surface area (Å²) in [5, 5.41) is 3.38. The van der Waals surface area contributed by atoms with Gasteiger partial charge in [0.2, 0.25) is 0 Å². The molecule has 12 heavy (non-hydrogen) atoms. The Kier molecular flexibility index (Phi) is 2.19. The maximum absolute atomic E-state index is 3.97. The first-order valence-corrected chi connectivity index (χ1v) is 4.18. The van der Waals surface area contributed by atoms with Crippen LogP contribution < -0.4 is 5.32 Å². The highest BCUT2D eigenvalue weighted by Crippen LogP contribution is 2.17. The van der Waals surface area contributed by atoms with Crippen molar-refractivity contribution < 1.29 is 0 Å². The van der Waals surface area contributed by atoms with Crippen molar-refractivity contribution in [1.29, 1.82) is 0 Å². The van der Waals surface area contributed by atoms with E-state index in [0.29, 0.717) is 6.04 Å². The Morgan fingerprint density at radius 2 is 2.50 bits per heavy atom. The lowest BCUT2D eigenvalue weighted by Gasteiger charge is -2.18. The number of aromatic nitrogens is 1. The van der Waals surface area contributed by atoms with Gasteiger partial charge in [-0.3, -0.25) is 4.98 Å². The molecule has 1 aliphatic rings. The average molecular weight is 159 g/mol. The molecule has 0 amide bonds. The first kappa shape index (κ1) is 7.50. The van der Waals surface area contributed by atoms with Crippen molar-refractivity contribution in [2.45, 2.75) is 12.5 Å². The molecule has 0 saturated carbocycles. The minimum Gasteiger partial charge on any atom is -0.306 e. The molecule has 1 aromatic rings. The van der Waals surface area contributed by atoms with Gasteiger partial charge in [0.25, 0.3) is 0 Å². The molecular weight excluding hydrogens is 148 g/mol. The number of hydrogen-bond acceptors (Lipinski definition) is 2. The smallest absolute Gasteiger partial charge is 0.0937 e. The van der Waals surface area contributed by atoms with Gasteiger partial charge in [0.1, 0.15) is 0 Å². The summed E-state index contributed by atoms with van der Waals surface area (Å²) in [6.07, 6.45) is 10.1. The SMILES string of the molecule is [c]1ncccc1C1CC=CCN1. The molecule has 61 valence electrons. The maximum atomic E-state index is 3.97. The van der Waals surface area contributed by atoms with Gasteiger partial charge in [0.15, 0.2) is 0 Å². The van der Waals surface area contributed by atoms with Gasteiger partial charge >= 0.3 is 0 Å². The molecule has 0 saturated heterocycles. The number of pyridine rings is 1. The molecular formula is C10H11N2. The van der Waals surface area contributed by atoms with E-state index in [9.17, 15) is 0 Å². The molecule has 2 heterocycles. The largest absolute Gasteiger partial charge is 0.306 e. The van der Waals surface area contributed by atoms with Gasteiger partial charge in [-0.2, -0.15) is 0 Å². The molecule has 1 aromatic heterocycles. The lowest BCUT2D eigenvalue weighted by atomic mass is 10.0. The zero-order valence-corrected chi connectivity index (χ0v) is 6.83. The quantitative estimate of drug-likeness (QED) is 0.628. The topological polar surface area (TPSA) is 24.9 Å². The molecule has 2 rings (SSSR count). The molecule has 1 unspecified atom stereocenters. The van der Waals surface area contributed by atoms with E-state index in [4.69, 9.17) is 0 Å². The molecule has 0 bridgehead atoms. The summed E-state index contributed by atoms with van der Waals surface area (Å²) in [5.41, 5.74) is 1.15. The third-order valence-corrected chi connectivity index (χ3v) is 2.03. The third kappa shape index (κ3) is 1.53. The standard InChI is InChI=1S/C10H11N2/c1-2-7-12-10(5-1)9-4-3-6-11-8-9/h1-4,6,10,12H,5,7H2. The first-order chi connectivity index (χ1) is 5.97. The highest BCUT2D eigenvalue weighted by molar-refractivity contribution is 5.15. The Bertz CT molecular complexity index is 266. The van der Waals surface area contributed by atoms with Crippen LogP contribution >= 0.6 is 0 Å². The van der Waals surface area contributed by atoms with Crippen LogP contribution in [0.4, 0.5) is 0 Å². The van der Waals surface area contributed by atoms with Gasteiger partial charge in [-0.15, -0.1) is 0 Å². The van der Waals surface area contributed by atoms with Crippen LogP contribution in [-0.4, -0.2) is 11.5 Å². The van der Waals surface area contributed by atoms with Gasteiger partial charge in [0.05, 0.1) is 6.20 Å². The Labute approximate surface area is 72.3 Å². The second-order valence-corrected chi connectivity index (χ2v) is 2.87. The summed E-state index contributed by atoms with van der Waals surface area (Å²) >= 11 is 0. The van der Waals surface area contributed by atoms with Crippen molar-refractivity contribution in [2.24, 2.45) is 0 Å². The van der Waals surface area contributed by atoms with Crippen molar-refractivity contribution >= 4 is 0 Å². The molecule has 1 aliphatic heterocycles. The number of nitrogens with zero attached hydrogens (tertiary/aromatic N) is 1. The van der Waals surface area contributed by atoms with Crippen molar-refractivity contribution in [3.05, 3.63) is 42.2 Å². The number of hydrogen-bond donors (Lipinski definition) is 1. The molecule has 0 aromatic carbocycles. The van der Waals surface area contributed by atoms with Crippen LogP contribution in [0.5, 0.6) is 0 Å². The van der Waals surface area contributed by atoms with Crippen LogP contribution in [-0.2, 0) is 0 Å². The van der Waals surface area contributed by atoms with E-state index in [-0.39, 0.29) is 0 Å². The third-order valence-electron chi connectivity index (χ3n) is 2.03. The molecule has 1 radical (unpaired) electrons. The lowest BCUT2D eigenvalue weighted by molar-refractivity contribution is 0.552. The zero-order chi connectivity index (χ0) is 8.23. The zero-order valence-electron chi connectivity index (χ0n) is 6.83. The van der Waals surface area contributed by atoms with Crippen LogP contribution in [0.25, 0.3) is 0 Å². The van der Waals surface area contributed by atoms with Crippen LogP contribution in [0.2, 0.25) is 0 Å². The fourth-order valence-corrected chi connectivity index (χ4v) is 1.38. The van der Waals surface area contributed by atoms with E-state index in [0.717, 1.165) is 18.5 Å². The first-order valence-electron chi connectivity index (χ1n) is 4.18. The van der Waals surface area contributed by atoms with E-state index in [1.165, 1.54) is 0 Å². The Balaban J connectivity index is 2.15. The van der Waals surface area contributed by atoms with Gasteiger partial charge in [-0.05, 0) is 18.1 Å². The van der Waals surface area contributed by atoms with E-state index in [1.54, 1.807) is 6.20 Å². The average Bonchev–Trinajstić information content (AvgIpc) is 2.21. The van der Waals surface area contributed by atoms with Crippen LogP contribution in [0.15, 0.2) is 30.5 Å². The molecule has 0 spiro atoms. The van der Waals surface area contributed by atoms with Gasteiger partial charge in [-0.25, -0.2) is 0 Å². The minimum atomic E-state index is 0.406. The maximum Gasteiger partial charge on any atom is 0.0937 e.